The number of halogens is 1. The number of hydrogen-bond acceptors (Lipinski definition) is 4. The first-order chi connectivity index (χ1) is 11.3. The van der Waals surface area contributed by atoms with Crippen LogP contribution in [0.5, 0.6) is 0 Å². The van der Waals surface area contributed by atoms with Crippen LogP contribution in [-0.2, 0) is 17.6 Å². The number of nitrogens with one attached hydrogen (secondary N) is 2. The molecule has 0 spiro atoms. The third-order valence-corrected chi connectivity index (χ3v) is 5.32. The van der Waals surface area contributed by atoms with Crippen molar-refractivity contribution in [2.24, 2.45) is 0 Å². The van der Waals surface area contributed by atoms with E-state index in [1.165, 1.54) is 16.1 Å². The highest BCUT2D eigenvalue weighted by molar-refractivity contribution is 7.15. The summed E-state index contributed by atoms with van der Waals surface area (Å²) in [6.07, 6.45) is 4.56. The van der Waals surface area contributed by atoms with Crippen molar-refractivity contribution in [2.45, 2.75) is 38.0 Å². The Bertz CT molecular complexity index is 660. The van der Waals surface area contributed by atoms with E-state index in [0.29, 0.717) is 12.3 Å². The number of carbonyl (C=O) groups excluding carboxylic acids is 1. The second-order valence-electron chi connectivity index (χ2n) is 5.99. The molecule has 1 unspecified atom stereocenters. The van der Waals surface area contributed by atoms with Crippen LogP contribution >= 0.6 is 23.7 Å². The van der Waals surface area contributed by atoms with Crippen LogP contribution < -0.4 is 10.6 Å². The lowest BCUT2D eigenvalue weighted by Crippen LogP contribution is -2.15. The number of hydrogen-bond donors (Lipinski definition) is 2. The average Bonchev–Trinajstić information content (AvgIpc) is 2.97. The lowest BCUT2D eigenvalue weighted by atomic mass is 9.85. The van der Waals surface area contributed by atoms with Gasteiger partial charge in [0, 0.05) is 11.3 Å². The second-order valence-corrected chi connectivity index (χ2v) is 7.08. The maximum absolute atomic E-state index is 11.9. The quantitative estimate of drug-likeness (QED) is 0.766. The van der Waals surface area contributed by atoms with Gasteiger partial charge in [-0.2, -0.15) is 0 Å². The van der Waals surface area contributed by atoms with Gasteiger partial charge in [0.05, 0.1) is 5.69 Å². The Morgan fingerprint density at radius 1 is 1.33 bits per heavy atom. The molecule has 1 aromatic carbocycles. The Morgan fingerprint density at radius 3 is 2.88 bits per heavy atom. The zero-order chi connectivity index (χ0) is 16.1. The van der Waals surface area contributed by atoms with Crippen LogP contribution in [0.4, 0.5) is 5.13 Å². The molecule has 0 aliphatic heterocycles. The molecule has 1 aromatic heterocycles. The summed E-state index contributed by atoms with van der Waals surface area (Å²) >= 11 is 1.64. The number of nitrogens with zero attached hydrogens (tertiary/aromatic N) is 1. The highest BCUT2D eigenvalue weighted by Crippen LogP contribution is 2.36. The Hall–Kier alpha value is -1.43. The normalized spacial score (nSPS) is 16.1. The smallest absolute Gasteiger partial charge is 0.226 e. The Kier molecular flexibility index (Phi) is 7.21. The van der Waals surface area contributed by atoms with Gasteiger partial charge in [-0.05, 0) is 50.8 Å². The third-order valence-electron chi connectivity index (χ3n) is 4.29. The van der Waals surface area contributed by atoms with Crippen LogP contribution in [0.25, 0.3) is 0 Å². The maximum Gasteiger partial charge on any atom is 0.226 e. The summed E-state index contributed by atoms with van der Waals surface area (Å²) in [7, 11) is 1.90. The summed E-state index contributed by atoms with van der Waals surface area (Å²) < 4.78 is 0. The zero-order valence-electron chi connectivity index (χ0n) is 13.9. The molecule has 0 bridgehead atoms. The number of rotatable bonds is 6. The van der Waals surface area contributed by atoms with Crippen LogP contribution in [0, 0.1) is 0 Å². The monoisotopic (exact) mass is 365 g/mol. The van der Waals surface area contributed by atoms with E-state index in [9.17, 15) is 4.79 Å². The van der Waals surface area contributed by atoms with E-state index in [-0.39, 0.29) is 18.3 Å². The molecular formula is C18H24ClN3OS. The summed E-state index contributed by atoms with van der Waals surface area (Å²) in [5, 5.41) is 6.77. The lowest BCUT2D eigenvalue weighted by molar-refractivity contribution is -0.116. The summed E-state index contributed by atoms with van der Waals surface area (Å²) in [6, 6.07) is 10.7. The first-order valence-corrected chi connectivity index (χ1v) is 9.06. The summed E-state index contributed by atoms with van der Waals surface area (Å²) in [4.78, 5) is 17.9. The molecule has 0 fully saturated rings. The summed E-state index contributed by atoms with van der Waals surface area (Å²) in [5.74, 6) is 0.634. The highest BCUT2D eigenvalue weighted by atomic mass is 35.5. The number of aromatic nitrogens is 1. The molecule has 0 saturated carbocycles. The SMILES string of the molecule is CNCCCC(=O)Nc1nc2c(s1)CC(c1ccccc1)CC2.Cl. The number of thiazole rings is 1. The van der Waals surface area contributed by atoms with Gasteiger partial charge in [-0.15, -0.1) is 23.7 Å². The molecule has 4 nitrogen and oxygen atoms in total. The maximum atomic E-state index is 11.9. The van der Waals surface area contributed by atoms with Gasteiger partial charge < -0.3 is 10.6 Å². The fourth-order valence-electron chi connectivity index (χ4n) is 3.05. The molecule has 0 radical (unpaired) electrons. The molecule has 1 aliphatic carbocycles. The molecule has 1 amide bonds. The van der Waals surface area contributed by atoms with Crippen molar-refractivity contribution in [1.29, 1.82) is 0 Å². The minimum atomic E-state index is 0. The van der Waals surface area contributed by atoms with Gasteiger partial charge >= 0.3 is 0 Å². The van der Waals surface area contributed by atoms with Gasteiger partial charge in [-0.25, -0.2) is 4.98 Å². The molecule has 130 valence electrons. The molecule has 24 heavy (non-hydrogen) atoms. The predicted octanol–water partition coefficient (Wildman–Crippen LogP) is 3.78. The van der Waals surface area contributed by atoms with Gasteiger partial charge in [0.2, 0.25) is 5.91 Å². The molecule has 1 aliphatic rings. The van der Waals surface area contributed by atoms with Crippen LogP contribution in [-0.4, -0.2) is 24.5 Å². The lowest BCUT2D eigenvalue weighted by Gasteiger charge is -2.21. The number of amides is 1. The Balaban J connectivity index is 0.00000208. The van der Waals surface area contributed by atoms with E-state index in [1.807, 2.05) is 7.05 Å². The standard InChI is InChI=1S/C18H23N3OS.ClH/c1-19-11-5-8-17(22)21-18-20-15-10-9-14(12-16(15)23-18)13-6-3-2-4-7-13;/h2-4,6-7,14,19H,5,8-12H2,1H3,(H,20,21,22);1H. The van der Waals surface area contributed by atoms with E-state index >= 15 is 0 Å². The summed E-state index contributed by atoms with van der Waals surface area (Å²) in [6.45, 7) is 0.862. The van der Waals surface area contributed by atoms with Crippen LogP contribution in [0.15, 0.2) is 30.3 Å². The van der Waals surface area contributed by atoms with Crippen molar-refractivity contribution in [3.05, 3.63) is 46.5 Å². The van der Waals surface area contributed by atoms with Crippen molar-refractivity contribution in [1.82, 2.24) is 10.3 Å². The molecule has 0 saturated heterocycles. The van der Waals surface area contributed by atoms with Crippen molar-refractivity contribution in [2.75, 3.05) is 18.9 Å². The number of fused-ring (bicyclic) bond motifs is 1. The van der Waals surface area contributed by atoms with Gasteiger partial charge in [-0.1, -0.05) is 30.3 Å². The van der Waals surface area contributed by atoms with Gasteiger partial charge in [-0.3, -0.25) is 4.79 Å². The third kappa shape index (κ3) is 4.79. The van der Waals surface area contributed by atoms with Crippen molar-refractivity contribution >= 4 is 34.8 Å². The zero-order valence-corrected chi connectivity index (χ0v) is 15.5. The van der Waals surface area contributed by atoms with E-state index in [0.717, 1.165) is 37.4 Å². The molecule has 3 rings (SSSR count). The van der Waals surface area contributed by atoms with Gasteiger partial charge in [0.1, 0.15) is 0 Å². The molecule has 2 aromatic rings. The number of carbonyl (C=O) groups is 1. The van der Waals surface area contributed by atoms with Crippen LogP contribution in [0.2, 0.25) is 0 Å². The average molecular weight is 366 g/mol. The van der Waals surface area contributed by atoms with E-state index < -0.39 is 0 Å². The van der Waals surface area contributed by atoms with Crippen molar-refractivity contribution in [3.63, 3.8) is 0 Å². The highest BCUT2D eigenvalue weighted by Gasteiger charge is 2.24. The molecule has 2 N–H and O–H groups in total. The van der Waals surface area contributed by atoms with Gasteiger partial charge in [0.25, 0.3) is 0 Å². The topological polar surface area (TPSA) is 54.0 Å². The number of benzene rings is 1. The number of aryl methyl sites for hydroxylation is 1. The van der Waals surface area contributed by atoms with Crippen LogP contribution in [0.3, 0.4) is 0 Å². The van der Waals surface area contributed by atoms with Crippen molar-refractivity contribution in [3.8, 4) is 0 Å². The predicted molar refractivity (Wildman–Crippen MR) is 102 cm³/mol. The van der Waals surface area contributed by atoms with E-state index in [2.05, 4.69) is 45.9 Å². The minimum Gasteiger partial charge on any atom is -0.320 e. The molecule has 1 atom stereocenters. The first kappa shape index (κ1) is 18.9. The van der Waals surface area contributed by atoms with Crippen LogP contribution in [0.1, 0.15) is 41.3 Å². The fraction of sp³-hybridized carbons (Fsp3) is 0.444. The first-order valence-electron chi connectivity index (χ1n) is 8.24. The fourth-order valence-corrected chi connectivity index (χ4v) is 4.15. The van der Waals surface area contributed by atoms with E-state index in [4.69, 9.17) is 0 Å². The molecular weight excluding hydrogens is 342 g/mol. The Morgan fingerprint density at radius 2 is 2.12 bits per heavy atom. The number of anilines is 1. The molecule has 6 heteroatoms. The second kappa shape index (κ2) is 9.16. The van der Waals surface area contributed by atoms with E-state index in [1.54, 1.807) is 11.3 Å². The van der Waals surface area contributed by atoms with Gasteiger partial charge in [0.15, 0.2) is 5.13 Å². The largest absolute Gasteiger partial charge is 0.320 e. The minimum absolute atomic E-state index is 0. The Labute approximate surface area is 153 Å². The van der Waals surface area contributed by atoms with Crippen molar-refractivity contribution < 1.29 is 4.79 Å². The summed E-state index contributed by atoms with van der Waals surface area (Å²) in [5.41, 5.74) is 2.58. The molecule has 1 heterocycles.